The topological polar surface area (TPSA) is 80.6 Å². The third-order valence-electron chi connectivity index (χ3n) is 0. The van der Waals surface area contributed by atoms with Gasteiger partial charge in [0.2, 0.25) is 0 Å². The van der Waals surface area contributed by atoms with Gasteiger partial charge in [-0.1, -0.05) is 0 Å². The molecule has 4 nitrogen and oxygen atoms in total. The number of aliphatic hydroxyl groups excluding tert-OH is 1. The van der Waals surface area contributed by atoms with Crippen LogP contribution in [-0.2, 0) is 11.4 Å². The van der Waals surface area contributed by atoms with Gasteiger partial charge in [-0.3, -0.25) is 0 Å². The van der Waals surface area contributed by atoms with Crippen molar-refractivity contribution in [1.29, 1.82) is 0 Å². The fraction of sp³-hybridized carbons (Fsp3) is 1.00. The molecule has 0 amide bonds. The van der Waals surface area contributed by atoms with Crippen LogP contribution in [0.5, 0.6) is 0 Å². The summed E-state index contributed by atoms with van der Waals surface area (Å²) in [6, 6.07) is 0. The van der Waals surface area contributed by atoms with Gasteiger partial charge in [0, 0.05) is 7.11 Å². The summed E-state index contributed by atoms with van der Waals surface area (Å²) in [6.07, 6.45) is 0. The zero-order valence-corrected chi connectivity index (χ0v) is 5.16. The smallest absolute Gasteiger partial charge is 0.0814 e. The lowest BCUT2D eigenvalue weighted by Gasteiger charge is -1.83. The summed E-state index contributed by atoms with van der Waals surface area (Å²) in [4.78, 5) is 0. The molecule has 0 rings (SSSR count). The molecule has 0 aliphatic carbocycles. The molecule has 0 saturated carbocycles. The highest BCUT2D eigenvalue weighted by atomic mass is 35.5. The quantitative estimate of drug-likeness (QED) is 0.450. The van der Waals surface area contributed by atoms with Crippen LogP contribution in [0.2, 0.25) is 0 Å². The van der Waals surface area contributed by atoms with Crippen molar-refractivity contribution in [2.75, 3.05) is 7.11 Å². The average molecular weight is 150 g/mol. The Bertz CT molecular complexity index is 34.7. The predicted octanol–water partition coefficient (Wildman–Crippen LogP) is -0.631. The van der Waals surface area contributed by atoms with Gasteiger partial charge in [-0.15, -0.1) is 12.4 Å². The fourth-order valence-electron chi connectivity index (χ4n) is 0. The molecule has 0 radical (unpaired) electrons. The molecule has 0 aliphatic heterocycles. The Kier molecular flexibility index (Phi) is 36.3. The number of aliphatic hydroxyl groups is 1. The summed E-state index contributed by atoms with van der Waals surface area (Å²) < 4.78 is 24.1. The van der Waals surface area contributed by atoms with Crippen LogP contribution in [0.25, 0.3) is 0 Å². The SMILES string of the molecule is CO.Cl.O=S([O-])O. The second-order valence-corrected chi connectivity index (χ2v) is 0.651. The van der Waals surface area contributed by atoms with Crippen LogP contribution in [0.4, 0.5) is 0 Å². The third kappa shape index (κ3) is 1150. The second kappa shape index (κ2) is 16.2. The molecule has 0 saturated heterocycles. The van der Waals surface area contributed by atoms with Gasteiger partial charge in [0.25, 0.3) is 0 Å². The van der Waals surface area contributed by atoms with E-state index in [2.05, 4.69) is 0 Å². The first-order valence-corrected chi connectivity index (χ1v) is 1.99. The minimum atomic E-state index is -2.86. The Balaban J connectivity index is -0.0000000480. The van der Waals surface area contributed by atoms with Crippen LogP contribution < -0.4 is 0 Å². The van der Waals surface area contributed by atoms with Crippen molar-refractivity contribution in [3.63, 3.8) is 0 Å². The van der Waals surface area contributed by atoms with Crippen molar-refractivity contribution in [2.24, 2.45) is 0 Å². The van der Waals surface area contributed by atoms with Gasteiger partial charge < -0.3 is 14.2 Å². The van der Waals surface area contributed by atoms with Gasteiger partial charge in [0.15, 0.2) is 0 Å². The van der Waals surface area contributed by atoms with Gasteiger partial charge in [0.1, 0.15) is 0 Å². The Hall–Kier alpha value is 0.320. The third-order valence-corrected chi connectivity index (χ3v) is 0. The van der Waals surface area contributed by atoms with E-state index in [1.54, 1.807) is 0 Å². The summed E-state index contributed by atoms with van der Waals surface area (Å²) >= 11 is -2.86. The van der Waals surface area contributed by atoms with E-state index in [-0.39, 0.29) is 12.4 Å². The van der Waals surface area contributed by atoms with Crippen LogP contribution in [0, 0.1) is 0 Å². The van der Waals surface area contributed by atoms with E-state index in [9.17, 15) is 0 Å². The molecule has 1 unspecified atom stereocenters. The first-order valence-electron chi connectivity index (χ1n) is 0.963. The first-order chi connectivity index (χ1) is 2.73. The highest BCUT2D eigenvalue weighted by molar-refractivity contribution is 7.73. The zero-order chi connectivity index (χ0) is 5.58. The van der Waals surface area contributed by atoms with Crippen molar-refractivity contribution in [1.82, 2.24) is 0 Å². The van der Waals surface area contributed by atoms with Gasteiger partial charge >= 0.3 is 0 Å². The number of halogens is 1. The second-order valence-electron chi connectivity index (χ2n) is 0.217. The van der Waals surface area contributed by atoms with Crippen LogP contribution in [-0.4, -0.2) is 25.5 Å². The molecule has 0 spiro atoms. The maximum absolute atomic E-state index is 8.56. The number of rotatable bonds is 0. The first kappa shape index (κ1) is 15.7. The molecule has 0 fully saturated rings. The van der Waals surface area contributed by atoms with E-state index in [0.717, 1.165) is 7.11 Å². The summed E-state index contributed by atoms with van der Waals surface area (Å²) in [7, 11) is 1.00. The molecule has 0 aromatic heterocycles. The highest BCUT2D eigenvalue weighted by Crippen LogP contribution is 1.43. The summed E-state index contributed by atoms with van der Waals surface area (Å²) in [5.41, 5.74) is 0. The molecule has 1 atom stereocenters. The van der Waals surface area contributed by atoms with Crippen molar-refractivity contribution >= 4 is 23.8 Å². The molecule has 0 aromatic carbocycles. The predicted molar refractivity (Wildman–Crippen MR) is 26.9 cm³/mol. The normalized spacial score (nSPS) is 9.71. The van der Waals surface area contributed by atoms with E-state index in [4.69, 9.17) is 18.4 Å². The molecule has 0 aromatic rings. The lowest BCUT2D eigenvalue weighted by Crippen LogP contribution is -1.75. The van der Waals surface area contributed by atoms with E-state index in [1.807, 2.05) is 0 Å². The minimum absolute atomic E-state index is 0. The van der Waals surface area contributed by atoms with Gasteiger partial charge in [-0.2, -0.15) is 0 Å². The van der Waals surface area contributed by atoms with Crippen LogP contribution in [0.15, 0.2) is 0 Å². The fourth-order valence-corrected chi connectivity index (χ4v) is 0. The Labute approximate surface area is 50.1 Å². The van der Waals surface area contributed by atoms with E-state index < -0.39 is 11.4 Å². The molecule has 6 heteroatoms. The van der Waals surface area contributed by atoms with E-state index in [1.165, 1.54) is 0 Å². The number of hydrogen-bond acceptors (Lipinski definition) is 3. The lowest BCUT2D eigenvalue weighted by atomic mass is 11.8. The lowest BCUT2D eigenvalue weighted by molar-refractivity contribution is 0.399. The van der Waals surface area contributed by atoms with Crippen LogP contribution >= 0.6 is 12.4 Å². The molecular weight excluding hydrogens is 144 g/mol. The standard InChI is InChI=1S/CH4O.ClH.H2O3S/c1-2;;1-4(2)3/h2H,1H3;1H;(H2,1,2,3)/p-1. The van der Waals surface area contributed by atoms with Crippen LogP contribution in [0.3, 0.4) is 0 Å². The Morgan fingerprint density at radius 3 is 1.57 bits per heavy atom. The van der Waals surface area contributed by atoms with Crippen molar-refractivity contribution in [3.05, 3.63) is 0 Å². The molecule has 0 heterocycles. The van der Waals surface area contributed by atoms with Crippen molar-refractivity contribution < 1.29 is 18.4 Å². The molecule has 48 valence electrons. The maximum Gasteiger partial charge on any atom is 0.0814 e. The summed E-state index contributed by atoms with van der Waals surface area (Å²) in [5.74, 6) is 0. The minimum Gasteiger partial charge on any atom is -0.750 e. The zero-order valence-electron chi connectivity index (χ0n) is 3.53. The average Bonchev–Trinajstić information content (AvgIpc) is 1.41. The molecule has 0 aliphatic rings. The monoisotopic (exact) mass is 149 g/mol. The van der Waals surface area contributed by atoms with Gasteiger partial charge in [-0.05, 0) is 0 Å². The van der Waals surface area contributed by atoms with Crippen LogP contribution in [0.1, 0.15) is 0 Å². The molecule has 0 bridgehead atoms. The molecule has 2 N–H and O–H groups in total. The molecule has 7 heavy (non-hydrogen) atoms. The van der Waals surface area contributed by atoms with Gasteiger partial charge in [0.05, 0.1) is 11.4 Å². The Morgan fingerprint density at radius 2 is 1.57 bits per heavy atom. The number of hydrogen-bond donors (Lipinski definition) is 2. The van der Waals surface area contributed by atoms with Crippen molar-refractivity contribution in [3.8, 4) is 0 Å². The largest absolute Gasteiger partial charge is 0.750 e. The summed E-state index contributed by atoms with van der Waals surface area (Å²) in [5, 5.41) is 7.00. The van der Waals surface area contributed by atoms with Gasteiger partial charge in [-0.25, -0.2) is 4.21 Å². The van der Waals surface area contributed by atoms with E-state index >= 15 is 0 Å². The highest BCUT2D eigenvalue weighted by Gasteiger charge is 1.42. The van der Waals surface area contributed by atoms with Crippen molar-refractivity contribution in [2.45, 2.75) is 0 Å². The summed E-state index contributed by atoms with van der Waals surface area (Å²) in [6.45, 7) is 0. The van der Waals surface area contributed by atoms with E-state index in [0.29, 0.717) is 0 Å². The molecular formula is CH6ClO4S-. The maximum atomic E-state index is 8.56. The Morgan fingerprint density at radius 1 is 1.57 bits per heavy atom.